The second-order valence-corrected chi connectivity index (χ2v) is 5.89. The molecule has 0 aromatic heterocycles. The summed E-state index contributed by atoms with van der Waals surface area (Å²) in [5, 5.41) is 1.53. The Bertz CT molecular complexity index is 582. The third-order valence-electron chi connectivity index (χ3n) is 3.71. The van der Waals surface area contributed by atoms with E-state index in [1.165, 1.54) is 43.1 Å². The fourth-order valence-corrected chi connectivity index (χ4v) is 2.76. The summed E-state index contributed by atoms with van der Waals surface area (Å²) >= 11 is 0. The average Bonchev–Trinajstić information content (AvgIpc) is 3.12. The molecule has 0 N–H and O–H groups in total. The van der Waals surface area contributed by atoms with Crippen LogP contribution < -0.4 is 28.6 Å². The molecule has 6 heteroatoms. The first-order chi connectivity index (χ1) is 9.88. The van der Waals surface area contributed by atoms with Crippen LogP contribution in [0.25, 0.3) is 0 Å². The maximum Gasteiger partial charge on any atom is 0.212 e. The molecule has 0 aliphatic heterocycles. The van der Waals surface area contributed by atoms with Crippen LogP contribution in [0.15, 0.2) is 30.3 Å². The number of fused-ring (bicyclic) bond motifs is 1. The van der Waals surface area contributed by atoms with Crippen molar-refractivity contribution in [2.45, 2.75) is 32.1 Å². The van der Waals surface area contributed by atoms with E-state index < -0.39 is 10.2 Å². The molecule has 0 heterocycles. The Labute approximate surface area is 125 Å². The minimum Gasteiger partial charge on any atom is -0.222 e. The van der Waals surface area contributed by atoms with Gasteiger partial charge in [-0.25, -0.2) is 18.6 Å². The molecule has 0 unspecified atom stereocenters. The van der Waals surface area contributed by atoms with Crippen LogP contribution in [-0.4, -0.2) is 7.05 Å². The highest BCUT2D eigenvalue weighted by molar-refractivity contribution is 5.45. The molecule has 0 radical (unpaired) electrons. The Morgan fingerprint density at radius 2 is 1.33 bits per heavy atom. The standard InChI is InChI=1S/C15H18N.ClHO4/c1-16(12-8-4-2-5-9-12)15-13-10-6-3-7-11-14(13)15;2-1(3,4)5/h2,4-5,8-9H,3,6-7,10-11H2,1H3;(H,2,3,4,5)/q+1;/p-1. The fraction of sp³-hybridized carbons (Fsp3) is 0.400. The Kier molecular flexibility index (Phi) is 5.13. The summed E-state index contributed by atoms with van der Waals surface area (Å²) in [6.45, 7) is 0. The van der Waals surface area contributed by atoms with Crippen molar-refractivity contribution >= 4 is 5.69 Å². The summed E-state index contributed by atoms with van der Waals surface area (Å²) in [4.78, 5) is 0. The molecule has 0 bridgehead atoms. The van der Waals surface area contributed by atoms with Crippen LogP contribution >= 0.6 is 0 Å². The number of hydrogen-bond acceptors (Lipinski definition) is 4. The van der Waals surface area contributed by atoms with Crippen molar-refractivity contribution in [3.63, 3.8) is 0 Å². The second-order valence-electron chi connectivity index (χ2n) is 5.14. The molecule has 5 nitrogen and oxygen atoms in total. The normalized spacial score (nSPS) is 14.9. The van der Waals surface area contributed by atoms with Gasteiger partial charge in [-0.2, -0.15) is 4.58 Å². The van der Waals surface area contributed by atoms with Crippen LogP contribution in [-0.2, 0) is 12.8 Å². The largest absolute Gasteiger partial charge is 0.222 e. The van der Waals surface area contributed by atoms with E-state index in [1.54, 1.807) is 11.1 Å². The van der Waals surface area contributed by atoms with Crippen molar-refractivity contribution in [3.8, 4) is 0 Å². The van der Waals surface area contributed by atoms with Crippen LogP contribution in [0.1, 0.15) is 30.4 Å². The third kappa shape index (κ3) is 4.91. The van der Waals surface area contributed by atoms with Gasteiger partial charge in [-0.15, -0.1) is 10.2 Å². The van der Waals surface area contributed by atoms with E-state index in [0.717, 1.165) is 0 Å². The Hall–Kier alpha value is -1.24. The first-order valence-electron chi connectivity index (χ1n) is 6.88. The Balaban J connectivity index is 0.000000282. The van der Waals surface area contributed by atoms with Gasteiger partial charge in [0.15, 0.2) is 0 Å². The molecule has 0 fully saturated rings. The van der Waals surface area contributed by atoms with Crippen molar-refractivity contribution in [1.29, 1.82) is 0 Å². The molecule has 21 heavy (non-hydrogen) atoms. The van der Waals surface area contributed by atoms with E-state index in [9.17, 15) is 0 Å². The van der Waals surface area contributed by atoms with E-state index in [2.05, 4.69) is 42.0 Å². The fourth-order valence-electron chi connectivity index (χ4n) is 2.76. The zero-order valence-electron chi connectivity index (χ0n) is 11.9. The van der Waals surface area contributed by atoms with Gasteiger partial charge in [0.05, 0.1) is 0 Å². The van der Waals surface area contributed by atoms with Crippen molar-refractivity contribution in [2.75, 3.05) is 7.05 Å². The maximum atomic E-state index is 8.49. The number of para-hydroxylation sites is 1. The molecule has 1 aliphatic carbocycles. The van der Waals surface area contributed by atoms with Crippen molar-refractivity contribution in [3.05, 3.63) is 46.8 Å². The highest BCUT2D eigenvalue weighted by Gasteiger charge is 2.28. The molecule has 0 saturated carbocycles. The van der Waals surface area contributed by atoms with Crippen molar-refractivity contribution < 1.29 is 28.9 Å². The van der Waals surface area contributed by atoms with E-state index in [-0.39, 0.29) is 0 Å². The monoisotopic (exact) mass is 311 g/mol. The highest BCUT2D eigenvalue weighted by atomic mass is 35.7. The zero-order chi connectivity index (χ0) is 15.5. The SMILES string of the molecule is C[N+](c1ccccc1)=c1c2c1CCCCC2.[O-][Cl+3]([O-])([O-])[O-]. The molecule has 114 valence electrons. The molecule has 0 saturated heterocycles. The van der Waals surface area contributed by atoms with Crippen LogP contribution in [0.2, 0.25) is 0 Å². The van der Waals surface area contributed by atoms with Gasteiger partial charge in [0.1, 0.15) is 7.05 Å². The molecule has 2 aromatic carbocycles. The molecule has 1 aliphatic rings. The first kappa shape index (κ1) is 16.1. The highest BCUT2D eigenvalue weighted by Crippen LogP contribution is 2.22. The predicted molar refractivity (Wildman–Crippen MR) is 67.4 cm³/mol. The Morgan fingerprint density at radius 3 is 1.81 bits per heavy atom. The predicted octanol–water partition coefficient (Wildman–Crippen LogP) is -2.19. The van der Waals surface area contributed by atoms with Gasteiger partial charge in [0.2, 0.25) is 11.0 Å². The summed E-state index contributed by atoms with van der Waals surface area (Å²) in [5.74, 6) is 0. The molecular formula is C15H18ClNO4. The van der Waals surface area contributed by atoms with E-state index in [4.69, 9.17) is 18.6 Å². The minimum atomic E-state index is -4.94. The van der Waals surface area contributed by atoms with Gasteiger partial charge >= 0.3 is 0 Å². The lowest BCUT2D eigenvalue weighted by atomic mass is 10.2. The summed E-state index contributed by atoms with van der Waals surface area (Å²) < 4.78 is 36.3. The van der Waals surface area contributed by atoms with Gasteiger partial charge < -0.3 is 0 Å². The van der Waals surface area contributed by atoms with Crippen LogP contribution in [0.3, 0.4) is 0 Å². The lowest BCUT2D eigenvalue weighted by Gasteiger charge is -2.17. The molecule has 3 rings (SSSR count). The van der Waals surface area contributed by atoms with Crippen molar-refractivity contribution in [2.24, 2.45) is 0 Å². The molecule has 0 amide bonds. The van der Waals surface area contributed by atoms with E-state index in [0.29, 0.717) is 0 Å². The summed E-state index contributed by atoms with van der Waals surface area (Å²) in [5.41, 5.74) is 4.62. The third-order valence-corrected chi connectivity index (χ3v) is 3.71. The lowest BCUT2D eigenvalue weighted by molar-refractivity contribution is -2.00. The zero-order valence-corrected chi connectivity index (χ0v) is 12.6. The maximum absolute atomic E-state index is 8.49. The number of rotatable bonds is 1. The second kappa shape index (κ2) is 6.68. The van der Waals surface area contributed by atoms with Crippen LogP contribution in [0.5, 0.6) is 0 Å². The molecule has 0 atom stereocenters. The Morgan fingerprint density at radius 1 is 0.857 bits per heavy atom. The molecule has 2 aromatic rings. The number of halogens is 1. The van der Waals surface area contributed by atoms with E-state index in [1.807, 2.05) is 0 Å². The average molecular weight is 312 g/mol. The van der Waals surface area contributed by atoms with Crippen LogP contribution in [0.4, 0.5) is 5.69 Å². The summed E-state index contributed by atoms with van der Waals surface area (Å²) in [7, 11) is -2.75. The van der Waals surface area contributed by atoms with Crippen molar-refractivity contribution in [1.82, 2.24) is 4.58 Å². The van der Waals surface area contributed by atoms with Gasteiger partial charge in [0.25, 0.3) is 0 Å². The lowest BCUT2D eigenvalue weighted by Crippen LogP contribution is -2.68. The summed E-state index contributed by atoms with van der Waals surface area (Å²) in [6.07, 6.45) is 6.79. The number of hydrogen-bond donors (Lipinski definition) is 0. The minimum absolute atomic E-state index is 1.31. The molecular weight excluding hydrogens is 294 g/mol. The van der Waals surface area contributed by atoms with Gasteiger partial charge in [0, 0.05) is 23.3 Å². The van der Waals surface area contributed by atoms with Gasteiger partial charge in [-0.3, -0.25) is 0 Å². The van der Waals surface area contributed by atoms with E-state index >= 15 is 0 Å². The molecule has 0 spiro atoms. The first-order valence-corrected chi connectivity index (χ1v) is 8.11. The van der Waals surface area contributed by atoms with Gasteiger partial charge in [-0.1, -0.05) is 24.6 Å². The van der Waals surface area contributed by atoms with Gasteiger partial charge in [-0.05, 0) is 25.7 Å². The number of benzene rings is 1. The van der Waals surface area contributed by atoms with Crippen LogP contribution in [0, 0.1) is 10.2 Å². The smallest absolute Gasteiger partial charge is 0.212 e. The quantitative estimate of drug-likeness (QED) is 0.441. The topological polar surface area (TPSA) is 95.2 Å². The number of nitrogens with zero attached hydrogens (tertiary/aromatic N) is 1. The summed E-state index contributed by atoms with van der Waals surface area (Å²) in [6, 6.07) is 10.7.